The van der Waals surface area contributed by atoms with E-state index in [1.807, 2.05) is 41.5 Å². The topological polar surface area (TPSA) is 155 Å². The average molecular weight is 912 g/mol. The molecule has 1 aliphatic heterocycles. The first-order chi connectivity index (χ1) is 29.6. The van der Waals surface area contributed by atoms with Crippen LogP contribution in [0.15, 0.2) is 29.6 Å². The Hall–Kier alpha value is -3.97. The fraction of sp³-hybridized carbons (Fsp3) is 0.760. The standard InChI is InChI=1S/C17H24F3N5O.C9H20.C8H15N.C6H11NO.C6H12O2.C4H10/c1-5-25-14(7-9-22-25)15(26)24-12(13-10-21-11(2)23-13)6-8-16(3,4)17(18,19)20;1-4-6-7-8-9(3)5-2;1-5-6(2)7(3)8(4)9;1-5-2-3-6(8)7-4-5;1-5(7)8-6(2,3)4;1-3-4-2/h7,9-10,12H,5-6,8H2,1-4H3,(H,21,23)(H,24,26);9H,4-8H2,1-3H3;9H,5H2,1-4H3;5H,2-4H2,1H3,(H,7,8);1-4H3;3-4H2,1-2H3. The lowest BCUT2D eigenvalue weighted by Crippen LogP contribution is -2.35. The van der Waals surface area contributed by atoms with Crippen LogP contribution in [-0.2, 0) is 20.9 Å². The highest BCUT2D eigenvalue weighted by Gasteiger charge is 2.47. The third kappa shape index (κ3) is 31.8. The number of alkyl halides is 3. The summed E-state index contributed by atoms with van der Waals surface area (Å²) in [6.07, 6.45) is 11.2. The highest BCUT2D eigenvalue weighted by Crippen LogP contribution is 2.42. The monoisotopic (exact) mass is 912 g/mol. The van der Waals surface area contributed by atoms with E-state index in [0.29, 0.717) is 35.4 Å². The minimum absolute atomic E-state index is 0.125. The summed E-state index contributed by atoms with van der Waals surface area (Å²) >= 11 is 0. The molecule has 14 heteroatoms. The second-order valence-electron chi connectivity index (χ2n) is 18.4. The van der Waals surface area contributed by atoms with Gasteiger partial charge in [0, 0.05) is 38.3 Å². The molecule has 0 aromatic carbocycles. The van der Waals surface area contributed by atoms with Crippen molar-refractivity contribution in [1.82, 2.24) is 30.4 Å². The van der Waals surface area contributed by atoms with Crippen molar-refractivity contribution in [2.75, 3.05) is 6.54 Å². The van der Waals surface area contributed by atoms with Gasteiger partial charge in [0.1, 0.15) is 17.1 Å². The molecule has 0 bridgehead atoms. The zero-order chi connectivity index (χ0) is 50.3. The Morgan fingerprint density at radius 3 is 1.91 bits per heavy atom. The maximum atomic E-state index is 13.2. The molecule has 0 saturated carbocycles. The van der Waals surface area contributed by atoms with Gasteiger partial charge < -0.3 is 25.8 Å². The van der Waals surface area contributed by atoms with Gasteiger partial charge in [-0.25, -0.2) is 4.98 Å². The van der Waals surface area contributed by atoms with E-state index in [1.165, 1.54) is 74.5 Å². The van der Waals surface area contributed by atoms with Crippen molar-refractivity contribution in [1.29, 1.82) is 5.41 Å². The molecule has 2 aromatic heterocycles. The third-order valence-corrected chi connectivity index (χ3v) is 10.7. The lowest BCUT2D eigenvalue weighted by molar-refractivity contribution is -0.214. The van der Waals surface area contributed by atoms with E-state index < -0.39 is 17.6 Å². The average Bonchev–Trinajstić information content (AvgIpc) is 3.89. The lowest BCUT2D eigenvalue weighted by Gasteiger charge is -2.29. The summed E-state index contributed by atoms with van der Waals surface area (Å²) in [7, 11) is 0. The van der Waals surface area contributed by atoms with Gasteiger partial charge >= 0.3 is 12.1 Å². The van der Waals surface area contributed by atoms with Gasteiger partial charge in [-0.15, -0.1) is 0 Å². The number of esters is 1. The lowest BCUT2D eigenvalue weighted by atomic mass is 9.85. The number of carbonyl (C=O) groups is 3. The highest BCUT2D eigenvalue weighted by atomic mass is 19.4. The van der Waals surface area contributed by atoms with Crippen LogP contribution in [0, 0.1) is 29.6 Å². The highest BCUT2D eigenvalue weighted by molar-refractivity contribution is 5.95. The second kappa shape index (κ2) is 34.4. The second-order valence-corrected chi connectivity index (χ2v) is 18.4. The van der Waals surface area contributed by atoms with Crippen LogP contribution in [0.25, 0.3) is 0 Å². The molecule has 0 aliphatic carbocycles. The molecule has 372 valence electrons. The van der Waals surface area contributed by atoms with Gasteiger partial charge in [-0.05, 0) is 105 Å². The number of H-pyrrole nitrogens is 1. The summed E-state index contributed by atoms with van der Waals surface area (Å²) in [4.78, 5) is 40.4. The van der Waals surface area contributed by atoms with Crippen LogP contribution in [0.3, 0.4) is 0 Å². The molecule has 3 atom stereocenters. The van der Waals surface area contributed by atoms with Crippen molar-refractivity contribution in [2.24, 2.45) is 17.3 Å². The van der Waals surface area contributed by atoms with Crippen molar-refractivity contribution in [2.45, 2.75) is 226 Å². The number of amides is 2. The van der Waals surface area contributed by atoms with E-state index in [9.17, 15) is 27.6 Å². The first-order valence-electron chi connectivity index (χ1n) is 23.7. The maximum Gasteiger partial charge on any atom is 0.393 e. The minimum Gasteiger partial charge on any atom is -0.460 e. The molecule has 3 heterocycles. The first kappa shape index (κ1) is 64.3. The number of hydrogen-bond donors (Lipinski definition) is 4. The molecule has 1 aliphatic rings. The largest absolute Gasteiger partial charge is 0.460 e. The molecular formula is C50H92F3N7O4. The van der Waals surface area contributed by atoms with Crippen molar-refractivity contribution in [3.8, 4) is 0 Å². The van der Waals surface area contributed by atoms with E-state index >= 15 is 0 Å². The van der Waals surface area contributed by atoms with Gasteiger partial charge in [0.25, 0.3) is 5.91 Å². The maximum absolute atomic E-state index is 13.2. The number of unbranched alkanes of at least 4 members (excludes halogenated alkanes) is 3. The van der Waals surface area contributed by atoms with Crippen LogP contribution in [0.4, 0.5) is 13.2 Å². The van der Waals surface area contributed by atoms with Crippen LogP contribution in [0.2, 0.25) is 0 Å². The Morgan fingerprint density at radius 1 is 0.969 bits per heavy atom. The summed E-state index contributed by atoms with van der Waals surface area (Å²) in [5.74, 6) is 1.88. The number of hydrogen-bond acceptors (Lipinski definition) is 7. The molecule has 11 nitrogen and oxygen atoms in total. The molecule has 2 aromatic rings. The van der Waals surface area contributed by atoms with Gasteiger partial charge in [-0.2, -0.15) is 18.3 Å². The smallest absolute Gasteiger partial charge is 0.393 e. The molecule has 2 amide bonds. The first-order valence-corrected chi connectivity index (χ1v) is 23.7. The number of halogens is 3. The number of ether oxygens (including phenoxy) is 1. The van der Waals surface area contributed by atoms with Crippen molar-refractivity contribution < 1.29 is 32.3 Å². The summed E-state index contributed by atoms with van der Waals surface area (Å²) in [6, 6.07) is 0.971. The predicted octanol–water partition coefficient (Wildman–Crippen LogP) is 13.8. The van der Waals surface area contributed by atoms with E-state index in [4.69, 9.17) is 10.1 Å². The molecule has 3 unspecified atom stereocenters. The minimum atomic E-state index is -4.31. The summed E-state index contributed by atoms with van der Waals surface area (Å²) in [6.45, 7) is 35.7. The number of piperidine rings is 1. The Balaban J connectivity index is -0.000000805. The summed E-state index contributed by atoms with van der Waals surface area (Å²) in [5.41, 5.74) is 1.91. The summed E-state index contributed by atoms with van der Waals surface area (Å²) in [5, 5.41) is 16.9. The molecule has 0 spiro atoms. The van der Waals surface area contributed by atoms with Gasteiger partial charge in [0.15, 0.2) is 0 Å². The van der Waals surface area contributed by atoms with Crippen molar-refractivity contribution in [3.63, 3.8) is 0 Å². The quantitative estimate of drug-likeness (QED) is 0.0792. The van der Waals surface area contributed by atoms with Crippen LogP contribution in [0.5, 0.6) is 0 Å². The number of carbonyl (C=O) groups excluding carboxylic acids is 3. The fourth-order valence-electron chi connectivity index (χ4n) is 5.40. The van der Waals surface area contributed by atoms with Crippen LogP contribution in [0.1, 0.15) is 223 Å². The van der Waals surface area contributed by atoms with Crippen molar-refractivity contribution in [3.05, 3.63) is 46.8 Å². The molecule has 0 radical (unpaired) electrons. The van der Waals surface area contributed by atoms with Gasteiger partial charge in [-0.1, -0.05) is 113 Å². The van der Waals surface area contributed by atoms with Crippen LogP contribution < -0.4 is 10.6 Å². The number of nitrogens with zero attached hydrogens (tertiary/aromatic N) is 3. The number of allylic oxidation sites excluding steroid dienone is 2. The van der Waals surface area contributed by atoms with Gasteiger partial charge in [0.05, 0.1) is 23.3 Å². The third-order valence-electron chi connectivity index (χ3n) is 10.7. The molecule has 64 heavy (non-hydrogen) atoms. The van der Waals surface area contributed by atoms with E-state index in [1.54, 1.807) is 13.0 Å². The van der Waals surface area contributed by atoms with E-state index in [-0.39, 0.29) is 36.2 Å². The SMILES string of the molecule is CC(=O)OC(C)(C)C.CC1CCC(=O)NC1.CCC(C)=C(C)C(C)=N.CCCC.CCCCCC(C)CC.CCn1nccc1C(=O)NC(CCC(C)(C)C(F)(F)F)c1cnc(C)[nH]1. The summed E-state index contributed by atoms with van der Waals surface area (Å²) < 4.78 is 45.8. The Morgan fingerprint density at radius 2 is 1.56 bits per heavy atom. The number of imidazole rings is 1. The molecule has 4 N–H and O–H groups in total. The molecule has 3 rings (SSSR count). The van der Waals surface area contributed by atoms with Gasteiger partial charge in [-0.3, -0.25) is 19.1 Å². The number of aromatic nitrogens is 4. The molecular weight excluding hydrogens is 820 g/mol. The van der Waals surface area contributed by atoms with E-state index in [0.717, 1.165) is 51.1 Å². The predicted molar refractivity (Wildman–Crippen MR) is 260 cm³/mol. The Bertz CT molecular complexity index is 1590. The van der Waals surface area contributed by atoms with Crippen LogP contribution in [-0.4, -0.2) is 61.6 Å². The van der Waals surface area contributed by atoms with Crippen LogP contribution >= 0.6 is 0 Å². The fourth-order valence-corrected chi connectivity index (χ4v) is 5.40. The Labute approximate surface area is 387 Å². The normalized spacial score (nSPS) is 14.8. The zero-order valence-corrected chi connectivity index (χ0v) is 43.5. The van der Waals surface area contributed by atoms with Crippen molar-refractivity contribution >= 4 is 23.5 Å². The molecule has 1 saturated heterocycles. The number of nitrogens with one attached hydrogen (secondary N) is 4. The zero-order valence-electron chi connectivity index (χ0n) is 43.5. The Kier molecular flexibility index (Phi) is 34.6. The number of aromatic amines is 1. The van der Waals surface area contributed by atoms with Gasteiger partial charge in [0.2, 0.25) is 5.91 Å². The van der Waals surface area contributed by atoms with E-state index in [2.05, 4.69) is 81.1 Å². The molecule has 1 fully saturated rings. The number of aryl methyl sites for hydroxylation is 2. The number of rotatable bonds is 15.